The number of carboxylic acid groups (broad SMARTS) is 1. The Hall–Kier alpha value is -1.23. The summed E-state index contributed by atoms with van der Waals surface area (Å²) in [6.45, 7) is 1.86. The van der Waals surface area contributed by atoms with E-state index >= 15 is 0 Å². The van der Waals surface area contributed by atoms with Crippen molar-refractivity contribution in [2.75, 3.05) is 7.11 Å². The number of carboxylic acids is 1. The zero-order valence-electron chi connectivity index (χ0n) is 8.64. The number of methoxy groups -OCH3 is 1. The molecule has 0 aromatic carbocycles. The number of hydrogen-bond acceptors (Lipinski definition) is 4. The molecule has 15 heavy (non-hydrogen) atoms. The lowest BCUT2D eigenvalue weighted by atomic mass is 10.3. The lowest BCUT2D eigenvalue weighted by Gasteiger charge is -2.08. The van der Waals surface area contributed by atoms with E-state index in [0.29, 0.717) is 5.88 Å². The zero-order chi connectivity index (χ0) is 11.3. The maximum absolute atomic E-state index is 10.5. The van der Waals surface area contributed by atoms with Crippen molar-refractivity contribution in [1.82, 2.24) is 4.98 Å². The molecule has 1 N–H and O–H groups in total. The van der Waals surface area contributed by atoms with E-state index in [1.807, 2.05) is 19.1 Å². The Bertz CT molecular complexity index is 343. The first-order chi connectivity index (χ1) is 7.11. The number of thioether (sulfide) groups is 1. The SMILES string of the molecule is COc1cccc(SC(C)CC(=O)O)n1. The molecule has 0 spiro atoms. The molecule has 1 atom stereocenters. The summed E-state index contributed by atoms with van der Waals surface area (Å²) < 4.78 is 4.98. The fourth-order valence-corrected chi connectivity index (χ4v) is 2.01. The van der Waals surface area contributed by atoms with Gasteiger partial charge in [-0.1, -0.05) is 13.0 Å². The van der Waals surface area contributed by atoms with Crippen LogP contribution >= 0.6 is 11.8 Å². The second kappa shape index (κ2) is 5.60. The molecule has 0 saturated heterocycles. The lowest BCUT2D eigenvalue weighted by molar-refractivity contribution is -0.136. The molecule has 0 aliphatic heterocycles. The Balaban J connectivity index is 2.59. The average molecular weight is 227 g/mol. The summed E-state index contributed by atoms with van der Waals surface area (Å²) >= 11 is 1.43. The normalized spacial score (nSPS) is 12.1. The number of aliphatic carboxylic acids is 1. The van der Waals surface area contributed by atoms with Crippen molar-refractivity contribution in [3.63, 3.8) is 0 Å². The van der Waals surface area contributed by atoms with Gasteiger partial charge in [-0.15, -0.1) is 11.8 Å². The molecule has 0 saturated carbocycles. The fraction of sp³-hybridized carbons (Fsp3) is 0.400. The Labute approximate surface area is 92.7 Å². The van der Waals surface area contributed by atoms with Gasteiger partial charge in [-0.3, -0.25) is 4.79 Å². The molecule has 0 radical (unpaired) electrons. The molecule has 1 aromatic rings. The summed E-state index contributed by atoms with van der Waals surface area (Å²) in [4.78, 5) is 14.7. The summed E-state index contributed by atoms with van der Waals surface area (Å²) in [5.74, 6) is -0.250. The van der Waals surface area contributed by atoms with E-state index in [2.05, 4.69) is 4.98 Å². The van der Waals surface area contributed by atoms with Crippen LogP contribution < -0.4 is 4.74 Å². The van der Waals surface area contributed by atoms with E-state index in [9.17, 15) is 4.79 Å². The largest absolute Gasteiger partial charge is 0.481 e. The molecular formula is C10H13NO3S. The summed E-state index contributed by atoms with van der Waals surface area (Å²) in [6.07, 6.45) is 0.129. The minimum atomic E-state index is -0.794. The van der Waals surface area contributed by atoms with Gasteiger partial charge >= 0.3 is 5.97 Å². The predicted octanol–water partition coefficient (Wildman–Crippen LogP) is 2.05. The third kappa shape index (κ3) is 4.20. The highest BCUT2D eigenvalue weighted by atomic mass is 32.2. The van der Waals surface area contributed by atoms with Gasteiger partial charge in [0.2, 0.25) is 5.88 Å². The minimum absolute atomic E-state index is 0.00195. The molecule has 1 aromatic heterocycles. The van der Waals surface area contributed by atoms with Crippen molar-refractivity contribution in [3.8, 4) is 5.88 Å². The second-order valence-corrected chi connectivity index (χ2v) is 4.50. The van der Waals surface area contributed by atoms with Crippen LogP contribution in [0.5, 0.6) is 5.88 Å². The van der Waals surface area contributed by atoms with E-state index in [-0.39, 0.29) is 11.7 Å². The van der Waals surface area contributed by atoms with Crippen LogP contribution in [0.15, 0.2) is 23.2 Å². The Morgan fingerprint density at radius 1 is 1.67 bits per heavy atom. The highest BCUT2D eigenvalue weighted by Crippen LogP contribution is 2.24. The van der Waals surface area contributed by atoms with E-state index in [0.717, 1.165) is 5.03 Å². The van der Waals surface area contributed by atoms with Crippen LogP contribution in [-0.2, 0) is 4.79 Å². The van der Waals surface area contributed by atoms with Crippen molar-refractivity contribution in [2.45, 2.75) is 23.6 Å². The van der Waals surface area contributed by atoms with Crippen LogP contribution in [0, 0.1) is 0 Å². The van der Waals surface area contributed by atoms with E-state index in [1.54, 1.807) is 13.2 Å². The number of carbonyl (C=O) groups is 1. The monoisotopic (exact) mass is 227 g/mol. The van der Waals surface area contributed by atoms with E-state index < -0.39 is 5.97 Å². The molecule has 0 aliphatic carbocycles. The summed E-state index contributed by atoms with van der Waals surface area (Å²) in [5.41, 5.74) is 0. The third-order valence-corrected chi connectivity index (χ3v) is 2.73. The van der Waals surface area contributed by atoms with Gasteiger partial charge in [0.05, 0.1) is 13.5 Å². The lowest BCUT2D eigenvalue weighted by Crippen LogP contribution is -2.05. The molecule has 0 bridgehead atoms. The number of rotatable bonds is 5. The van der Waals surface area contributed by atoms with Crippen LogP contribution in [0.3, 0.4) is 0 Å². The molecule has 0 aliphatic rings. The molecule has 5 heteroatoms. The first kappa shape index (κ1) is 11.8. The highest BCUT2D eigenvalue weighted by Gasteiger charge is 2.10. The molecule has 4 nitrogen and oxygen atoms in total. The molecule has 1 heterocycles. The highest BCUT2D eigenvalue weighted by molar-refractivity contribution is 7.99. The summed E-state index contributed by atoms with van der Waals surface area (Å²) in [7, 11) is 1.55. The van der Waals surface area contributed by atoms with Gasteiger partial charge in [-0.25, -0.2) is 4.98 Å². The van der Waals surface area contributed by atoms with Crippen molar-refractivity contribution >= 4 is 17.7 Å². The second-order valence-electron chi connectivity index (χ2n) is 3.04. The van der Waals surface area contributed by atoms with Gasteiger partial charge in [-0.2, -0.15) is 0 Å². The number of hydrogen-bond donors (Lipinski definition) is 1. The maximum Gasteiger partial charge on any atom is 0.304 e. The van der Waals surface area contributed by atoms with Gasteiger partial charge in [0.25, 0.3) is 0 Å². The maximum atomic E-state index is 10.5. The Morgan fingerprint density at radius 3 is 3.00 bits per heavy atom. The van der Waals surface area contributed by atoms with Crippen LogP contribution in [0.25, 0.3) is 0 Å². The predicted molar refractivity (Wildman–Crippen MR) is 58.4 cm³/mol. The van der Waals surface area contributed by atoms with Gasteiger partial charge in [-0.05, 0) is 6.07 Å². The van der Waals surface area contributed by atoms with Crippen LogP contribution in [0.2, 0.25) is 0 Å². The number of nitrogens with zero attached hydrogens (tertiary/aromatic N) is 1. The third-order valence-electron chi connectivity index (χ3n) is 1.69. The number of pyridine rings is 1. The first-order valence-corrected chi connectivity index (χ1v) is 5.39. The minimum Gasteiger partial charge on any atom is -0.481 e. The Kier molecular flexibility index (Phi) is 4.42. The van der Waals surface area contributed by atoms with Crippen LogP contribution in [0.1, 0.15) is 13.3 Å². The van der Waals surface area contributed by atoms with E-state index in [1.165, 1.54) is 11.8 Å². The average Bonchev–Trinajstić information content (AvgIpc) is 2.16. The number of ether oxygens (including phenoxy) is 1. The molecular weight excluding hydrogens is 214 g/mol. The van der Waals surface area contributed by atoms with Crippen molar-refractivity contribution in [3.05, 3.63) is 18.2 Å². The molecule has 1 rings (SSSR count). The van der Waals surface area contributed by atoms with Crippen LogP contribution in [-0.4, -0.2) is 28.4 Å². The fourth-order valence-electron chi connectivity index (χ4n) is 1.07. The molecule has 82 valence electrons. The van der Waals surface area contributed by atoms with E-state index in [4.69, 9.17) is 9.84 Å². The summed E-state index contributed by atoms with van der Waals surface area (Å²) in [5, 5.41) is 9.39. The topological polar surface area (TPSA) is 59.4 Å². The van der Waals surface area contributed by atoms with Gasteiger partial charge in [0.1, 0.15) is 5.03 Å². The quantitative estimate of drug-likeness (QED) is 0.780. The zero-order valence-corrected chi connectivity index (χ0v) is 9.45. The van der Waals surface area contributed by atoms with Crippen molar-refractivity contribution in [2.24, 2.45) is 0 Å². The Morgan fingerprint density at radius 2 is 2.40 bits per heavy atom. The van der Waals surface area contributed by atoms with Crippen LogP contribution in [0.4, 0.5) is 0 Å². The number of aromatic nitrogens is 1. The molecule has 1 unspecified atom stereocenters. The van der Waals surface area contributed by atoms with Crippen molar-refractivity contribution < 1.29 is 14.6 Å². The van der Waals surface area contributed by atoms with Gasteiger partial charge in [0, 0.05) is 11.3 Å². The standard InChI is InChI=1S/C10H13NO3S/c1-7(6-10(12)13)15-9-5-3-4-8(11-9)14-2/h3-5,7H,6H2,1-2H3,(H,12,13). The van der Waals surface area contributed by atoms with Crippen molar-refractivity contribution in [1.29, 1.82) is 0 Å². The smallest absolute Gasteiger partial charge is 0.304 e. The molecule has 0 amide bonds. The summed E-state index contributed by atoms with van der Waals surface area (Å²) in [6, 6.07) is 5.43. The first-order valence-electron chi connectivity index (χ1n) is 4.51. The molecule has 0 fully saturated rings. The van der Waals surface area contributed by atoms with Gasteiger partial charge < -0.3 is 9.84 Å². The van der Waals surface area contributed by atoms with Gasteiger partial charge in [0.15, 0.2) is 0 Å².